The SMILES string of the molecule is NC(=S)c1ccccc1CS(=O)(=O)Nc1ccncc1Br. The van der Waals surface area contributed by atoms with Crippen molar-refractivity contribution >= 4 is 48.8 Å². The Morgan fingerprint density at radius 3 is 2.71 bits per heavy atom. The average Bonchev–Trinajstić information content (AvgIpc) is 2.41. The largest absolute Gasteiger partial charge is 0.389 e. The first-order valence-corrected chi connectivity index (χ1v) is 8.72. The van der Waals surface area contributed by atoms with E-state index in [1.807, 2.05) is 0 Å². The molecule has 3 N–H and O–H groups in total. The average molecular weight is 386 g/mol. The van der Waals surface area contributed by atoms with Gasteiger partial charge in [0.05, 0.1) is 15.9 Å². The molecule has 5 nitrogen and oxygen atoms in total. The lowest BCUT2D eigenvalue weighted by Crippen LogP contribution is -2.19. The van der Waals surface area contributed by atoms with Gasteiger partial charge in [0, 0.05) is 18.0 Å². The van der Waals surface area contributed by atoms with Crippen LogP contribution in [0.15, 0.2) is 47.2 Å². The number of nitrogens with zero attached hydrogens (tertiary/aromatic N) is 1. The number of halogens is 1. The van der Waals surface area contributed by atoms with E-state index in [-0.39, 0.29) is 10.7 Å². The molecule has 8 heteroatoms. The fraction of sp³-hybridized carbons (Fsp3) is 0.0769. The van der Waals surface area contributed by atoms with Crippen LogP contribution in [0.25, 0.3) is 0 Å². The zero-order valence-electron chi connectivity index (χ0n) is 10.8. The molecule has 0 unspecified atom stereocenters. The summed E-state index contributed by atoms with van der Waals surface area (Å²) in [6.07, 6.45) is 3.02. The molecular formula is C13H12BrN3O2S2. The van der Waals surface area contributed by atoms with Crippen LogP contribution in [0.1, 0.15) is 11.1 Å². The highest BCUT2D eigenvalue weighted by Gasteiger charge is 2.16. The molecule has 0 amide bonds. The first-order valence-electron chi connectivity index (χ1n) is 5.87. The molecule has 1 aromatic carbocycles. The van der Waals surface area contributed by atoms with Crippen molar-refractivity contribution in [3.8, 4) is 0 Å². The van der Waals surface area contributed by atoms with E-state index in [9.17, 15) is 8.42 Å². The molecule has 21 heavy (non-hydrogen) atoms. The third-order valence-corrected chi connectivity index (χ3v) is 4.74. The molecule has 0 spiro atoms. The summed E-state index contributed by atoms with van der Waals surface area (Å²) in [6, 6.07) is 8.47. The van der Waals surface area contributed by atoms with E-state index in [1.54, 1.807) is 30.3 Å². The minimum atomic E-state index is -3.59. The maximum Gasteiger partial charge on any atom is 0.236 e. The lowest BCUT2D eigenvalue weighted by molar-refractivity contribution is 0.600. The molecule has 0 aliphatic heterocycles. The summed E-state index contributed by atoms with van der Waals surface area (Å²) in [7, 11) is -3.59. The summed E-state index contributed by atoms with van der Waals surface area (Å²) >= 11 is 8.18. The lowest BCUT2D eigenvalue weighted by Gasteiger charge is -2.11. The Labute approximate surface area is 136 Å². The molecule has 110 valence electrons. The number of nitrogens with two attached hydrogens (primary N) is 1. The van der Waals surface area contributed by atoms with E-state index in [0.717, 1.165) is 0 Å². The monoisotopic (exact) mass is 385 g/mol. The van der Waals surface area contributed by atoms with Gasteiger partial charge >= 0.3 is 0 Å². The van der Waals surface area contributed by atoms with Crippen LogP contribution in [0, 0.1) is 0 Å². The van der Waals surface area contributed by atoms with Crippen LogP contribution < -0.4 is 10.5 Å². The molecule has 0 fully saturated rings. The summed E-state index contributed by atoms with van der Waals surface area (Å²) in [6.45, 7) is 0. The van der Waals surface area contributed by atoms with Crippen molar-refractivity contribution in [3.63, 3.8) is 0 Å². The Hall–Kier alpha value is -1.51. The lowest BCUT2D eigenvalue weighted by atomic mass is 10.1. The van der Waals surface area contributed by atoms with Gasteiger partial charge in [-0.15, -0.1) is 0 Å². The van der Waals surface area contributed by atoms with Gasteiger partial charge in [-0.25, -0.2) is 8.42 Å². The number of sulfonamides is 1. The number of aromatic nitrogens is 1. The van der Waals surface area contributed by atoms with Crippen molar-refractivity contribution in [2.45, 2.75) is 5.75 Å². The molecule has 1 aromatic heterocycles. The number of nitrogens with one attached hydrogen (secondary N) is 1. The Morgan fingerprint density at radius 1 is 1.33 bits per heavy atom. The Balaban J connectivity index is 2.27. The molecule has 2 rings (SSSR count). The molecule has 0 radical (unpaired) electrons. The first kappa shape index (κ1) is 15.9. The van der Waals surface area contributed by atoms with Crippen LogP contribution in [0.2, 0.25) is 0 Å². The summed E-state index contributed by atoms with van der Waals surface area (Å²) in [5.74, 6) is -0.213. The molecule has 0 aliphatic carbocycles. The topological polar surface area (TPSA) is 85.1 Å². The second-order valence-electron chi connectivity index (χ2n) is 4.24. The van der Waals surface area contributed by atoms with Gasteiger partial charge in [-0.1, -0.05) is 36.5 Å². The minimum absolute atomic E-state index is 0.172. The standard InChI is InChI=1S/C13H12BrN3O2S2/c14-11-7-16-6-5-12(11)17-21(18,19)8-9-3-1-2-4-10(9)13(15)20/h1-7H,8H2,(H2,15,20)(H,16,17). The molecule has 0 saturated heterocycles. The van der Waals surface area contributed by atoms with Crippen molar-refractivity contribution < 1.29 is 8.42 Å². The quantitative estimate of drug-likeness (QED) is 0.771. The highest BCUT2D eigenvalue weighted by Crippen LogP contribution is 2.22. The fourth-order valence-corrected chi connectivity index (χ4v) is 3.68. The van der Waals surface area contributed by atoms with Gasteiger partial charge in [0.2, 0.25) is 10.0 Å². The van der Waals surface area contributed by atoms with Gasteiger partial charge in [-0.3, -0.25) is 9.71 Å². The number of hydrogen-bond acceptors (Lipinski definition) is 4. The highest BCUT2D eigenvalue weighted by atomic mass is 79.9. The van der Waals surface area contributed by atoms with Gasteiger partial charge in [0.1, 0.15) is 4.99 Å². The van der Waals surface area contributed by atoms with Gasteiger partial charge in [0.25, 0.3) is 0 Å². The maximum atomic E-state index is 12.3. The predicted molar refractivity (Wildman–Crippen MR) is 90.5 cm³/mol. The van der Waals surface area contributed by atoms with Crippen LogP contribution in [0.4, 0.5) is 5.69 Å². The Bertz CT molecular complexity index is 778. The molecular weight excluding hydrogens is 374 g/mol. The van der Waals surface area contributed by atoms with Gasteiger partial charge in [-0.05, 0) is 27.6 Å². The second-order valence-corrected chi connectivity index (χ2v) is 7.25. The van der Waals surface area contributed by atoms with Crippen LogP contribution in [0.3, 0.4) is 0 Å². The summed E-state index contributed by atoms with van der Waals surface area (Å²) in [5, 5.41) is 0. The molecule has 0 aliphatic rings. The summed E-state index contributed by atoms with van der Waals surface area (Å²) in [4.78, 5) is 4.05. The first-order chi connectivity index (χ1) is 9.89. The maximum absolute atomic E-state index is 12.3. The van der Waals surface area contributed by atoms with E-state index in [4.69, 9.17) is 18.0 Å². The van der Waals surface area contributed by atoms with Crippen molar-refractivity contribution in [3.05, 3.63) is 58.3 Å². The molecule has 0 atom stereocenters. The van der Waals surface area contributed by atoms with Crippen LogP contribution in [0.5, 0.6) is 0 Å². The van der Waals surface area contributed by atoms with E-state index in [2.05, 4.69) is 25.6 Å². The zero-order chi connectivity index (χ0) is 15.5. The van der Waals surface area contributed by atoms with Gasteiger partial charge in [-0.2, -0.15) is 0 Å². The van der Waals surface area contributed by atoms with Crippen molar-refractivity contribution in [2.75, 3.05) is 4.72 Å². The minimum Gasteiger partial charge on any atom is -0.389 e. The highest BCUT2D eigenvalue weighted by molar-refractivity contribution is 9.10. The predicted octanol–water partition coefficient (Wildman–Crippen LogP) is 2.42. The number of rotatable bonds is 5. The van der Waals surface area contributed by atoms with E-state index in [1.165, 1.54) is 12.4 Å². The van der Waals surface area contributed by atoms with E-state index in [0.29, 0.717) is 21.3 Å². The van der Waals surface area contributed by atoms with Crippen LogP contribution in [-0.4, -0.2) is 18.4 Å². The fourth-order valence-electron chi connectivity index (χ4n) is 1.75. The number of pyridine rings is 1. The van der Waals surface area contributed by atoms with Crippen molar-refractivity contribution in [1.29, 1.82) is 0 Å². The third kappa shape index (κ3) is 4.23. The second kappa shape index (κ2) is 6.50. The number of hydrogen-bond donors (Lipinski definition) is 2. The molecule has 2 aromatic rings. The molecule has 1 heterocycles. The molecule has 0 bridgehead atoms. The van der Waals surface area contributed by atoms with Crippen LogP contribution in [-0.2, 0) is 15.8 Å². The van der Waals surface area contributed by atoms with Crippen molar-refractivity contribution in [2.24, 2.45) is 5.73 Å². The zero-order valence-corrected chi connectivity index (χ0v) is 14.0. The number of thiocarbonyl (C=S) groups is 1. The van der Waals surface area contributed by atoms with Crippen molar-refractivity contribution in [1.82, 2.24) is 4.98 Å². The Morgan fingerprint density at radius 2 is 2.05 bits per heavy atom. The summed E-state index contributed by atoms with van der Waals surface area (Å²) < 4.78 is 27.6. The summed E-state index contributed by atoms with van der Waals surface area (Å²) in [5.41, 5.74) is 7.16. The van der Waals surface area contributed by atoms with E-state index < -0.39 is 10.0 Å². The third-order valence-electron chi connectivity index (χ3n) is 2.67. The Kier molecular flexibility index (Phi) is 4.92. The van der Waals surface area contributed by atoms with Gasteiger partial charge in [0.15, 0.2) is 0 Å². The van der Waals surface area contributed by atoms with Gasteiger partial charge < -0.3 is 5.73 Å². The smallest absolute Gasteiger partial charge is 0.236 e. The number of anilines is 1. The molecule has 0 saturated carbocycles. The van der Waals surface area contributed by atoms with E-state index >= 15 is 0 Å². The van der Waals surface area contributed by atoms with Crippen LogP contribution >= 0.6 is 28.1 Å². The number of benzene rings is 1. The normalized spacial score (nSPS) is 11.1.